The molecule has 0 radical (unpaired) electrons. The van der Waals surface area contributed by atoms with Crippen molar-refractivity contribution in [3.63, 3.8) is 0 Å². The molecule has 16 heavy (non-hydrogen) atoms. The monoisotopic (exact) mass is 254 g/mol. The first-order valence-corrected chi connectivity index (χ1v) is 5.99. The van der Waals surface area contributed by atoms with E-state index in [2.05, 4.69) is 15.3 Å². The fourth-order valence-corrected chi connectivity index (χ4v) is 2.15. The molecule has 0 fully saturated rings. The van der Waals surface area contributed by atoms with Gasteiger partial charge in [-0.2, -0.15) is 0 Å². The van der Waals surface area contributed by atoms with Gasteiger partial charge in [0.25, 0.3) is 0 Å². The highest BCUT2D eigenvalue weighted by Gasteiger charge is 2.10. The van der Waals surface area contributed by atoms with E-state index in [0.717, 1.165) is 5.01 Å². The highest BCUT2D eigenvalue weighted by Crippen LogP contribution is 2.26. The average molecular weight is 255 g/mol. The lowest BCUT2D eigenvalue weighted by atomic mass is 10.3. The van der Waals surface area contributed by atoms with Crippen molar-refractivity contribution >= 4 is 34.4 Å². The van der Waals surface area contributed by atoms with Crippen LogP contribution in [0.2, 0.25) is 5.02 Å². The minimum atomic E-state index is 0.0774. The zero-order chi connectivity index (χ0) is 11.5. The maximum Gasteiger partial charge on any atom is 0.145 e. The maximum atomic E-state index is 6.01. The third-order valence-electron chi connectivity index (χ3n) is 2.04. The van der Waals surface area contributed by atoms with Crippen LogP contribution in [0.1, 0.15) is 18.0 Å². The van der Waals surface area contributed by atoms with Gasteiger partial charge in [0, 0.05) is 11.6 Å². The number of halogens is 1. The number of pyridine rings is 1. The van der Waals surface area contributed by atoms with E-state index in [0.29, 0.717) is 16.5 Å². The third-order valence-corrected chi connectivity index (χ3v) is 3.28. The normalized spacial score (nSPS) is 12.4. The van der Waals surface area contributed by atoms with E-state index in [9.17, 15) is 0 Å². The molecule has 0 aliphatic rings. The summed E-state index contributed by atoms with van der Waals surface area (Å²) in [5, 5.41) is 6.64. The lowest BCUT2D eigenvalue weighted by Crippen LogP contribution is -2.08. The van der Waals surface area contributed by atoms with Crippen LogP contribution < -0.4 is 11.1 Å². The van der Waals surface area contributed by atoms with Gasteiger partial charge in [-0.3, -0.25) is 0 Å². The Morgan fingerprint density at radius 1 is 1.50 bits per heavy atom. The van der Waals surface area contributed by atoms with Gasteiger partial charge in [-0.1, -0.05) is 11.6 Å². The number of hydrogen-bond acceptors (Lipinski definition) is 5. The van der Waals surface area contributed by atoms with E-state index < -0.39 is 0 Å². The number of hydrogen-bond donors (Lipinski definition) is 2. The zero-order valence-corrected chi connectivity index (χ0v) is 10.2. The summed E-state index contributed by atoms with van der Waals surface area (Å²) < 4.78 is 0. The Morgan fingerprint density at radius 2 is 2.31 bits per heavy atom. The van der Waals surface area contributed by atoms with Crippen molar-refractivity contribution < 1.29 is 0 Å². The Hall–Kier alpha value is -1.33. The summed E-state index contributed by atoms with van der Waals surface area (Å²) in [6.07, 6.45) is 3.35. The topological polar surface area (TPSA) is 63.8 Å². The molecule has 84 valence electrons. The Labute approximate surface area is 102 Å². The standard InChI is InChI=1S/C10H11ClN4S/c1-6(10-13-2-3-16-10)15-9-8(11)4-7(12)5-14-9/h2-6H,12H2,1H3,(H,14,15). The van der Waals surface area contributed by atoms with Crippen LogP contribution in [0.3, 0.4) is 0 Å². The van der Waals surface area contributed by atoms with E-state index >= 15 is 0 Å². The van der Waals surface area contributed by atoms with Crippen LogP contribution >= 0.6 is 22.9 Å². The molecule has 0 bridgehead atoms. The van der Waals surface area contributed by atoms with Crippen LogP contribution in [-0.2, 0) is 0 Å². The Balaban J connectivity index is 2.15. The smallest absolute Gasteiger partial charge is 0.145 e. The second kappa shape index (κ2) is 4.67. The molecular weight excluding hydrogens is 244 g/mol. The molecule has 0 aromatic carbocycles. The predicted octanol–water partition coefficient (Wildman–Crippen LogP) is 2.95. The summed E-state index contributed by atoms with van der Waals surface area (Å²) in [4.78, 5) is 8.36. The van der Waals surface area contributed by atoms with E-state index in [1.165, 1.54) is 0 Å². The quantitative estimate of drug-likeness (QED) is 0.884. The molecule has 0 saturated carbocycles. The summed E-state index contributed by atoms with van der Waals surface area (Å²) in [5.74, 6) is 0.624. The molecule has 0 saturated heterocycles. The molecular formula is C10H11ClN4S. The number of nitrogens with two attached hydrogens (primary N) is 1. The molecule has 6 heteroatoms. The van der Waals surface area contributed by atoms with E-state index in [-0.39, 0.29) is 6.04 Å². The summed E-state index contributed by atoms with van der Waals surface area (Å²) >= 11 is 7.60. The first-order valence-electron chi connectivity index (χ1n) is 4.74. The minimum absolute atomic E-state index is 0.0774. The van der Waals surface area contributed by atoms with Crippen molar-refractivity contribution in [2.75, 3.05) is 11.1 Å². The molecule has 4 nitrogen and oxygen atoms in total. The van der Waals surface area contributed by atoms with Gasteiger partial charge in [-0.15, -0.1) is 11.3 Å². The average Bonchev–Trinajstić information content (AvgIpc) is 2.75. The number of anilines is 2. The zero-order valence-electron chi connectivity index (χ0n) is 8.64. The largest absolute Gasteiger partial charge is 0.397 e. The van der Waals surface area contributed by atoms with Gasteiger partial charge < -0.3 is 11.1 Å². The Morgan fingerprint density at radius 3 is 2.94 bits per heavy atom. The number of nitrogens with one attached hydrogen (secondary N) is 1. The van der Waals surface area contributed by atoms with Gasteiger partial charge in [0.15, 0.2) is 0 Å². The highest BCUT2D eigenvalue weighted by atomic mass is 35.5. The van der Waals surface area contributed by atoms with Gasteiger partial charge in [0.05, 0.1) is 22.9 Å². The molecule has 1 atom stereocenters. The van der Waals surface area contributed by atoms with Gasteiger partial charge in [0.2, 0.25) is 0 Å². The van der Waals surface area contributed by atoms with Gasteiger partial charge in [-0.25, -0.2) is 9.97 Å². The maximum absolute atomic E-state index is 6.01. The first-order chi connectivity index (χ1) is 7.66. The summed E-state index contributed by atoms with van der Waals surface area (Å²) in [6, 6.07) is 1.75. The van der Waals surface area contributed by atoms with Crippen molar-refractivity contribution in [3.8, 4) is 0 Å². The van der Waals surface area contributed by atoms with Crippen LogP contribution in [0.15, 0.2) is 23.8 Å². The second-order valence-electron chi connectivity index (χ2n) is 3.34. The molecule has 1 unspecified atom stereocenters. The lowest BCUT2D eigenvalue weighted by Gasteiger charge is -2.13. The van der Waals surface area contributed by atoms with Crippen molar-refractivity contribution in [1.29, 1.82) is 0 Å². The molecule has 3 N–H and O–H groups in total. The van der Waals surface area contributed by atoms with Gasteiger partial charge in [0.1, 0.15) is 10.8 Å². The number of aromatic nitrogens is 2. The third kappa shape index (κ3) is 2.43. The molecule has 0 amide bonds. The fraction of sp³-hybridized carbons (Fsp3) is 0.200. The number of rotatable bonds is 3. The second-order valence-corrected chi connectivity index (χ2v) is 4.67. The molecule has 0 aliphatic carbocycles. The van der Waals surface area contributed by atoms with Crippen LogP contribution in [0.5, 0.6) is 0 Å². The summed E-state index contributed by atoms with van der Waals surface area (Å²) in [5.41, 5.74) is 6.12. The van der Waals surface area contributed by atoms with Gasteiger partial charge >= 0.3 is 0 Å². The van der Waals surface area contributed by atoms with Crippen molar-refractivity contribution in [3.05, 3.63) is 33.9 Å². The number of nitrogen functional groups attached to an aromatic ring is 1. The summed E-state index contributed by atoms with van der Waals surface area (Å²) in [6.45, 7) is 2.01. The molecule has 2 aromatic heterocycles. The minimum Gasteiger partial charge on any atom is -0.397 e. The number of nitrogens with zero attached hydrogens (tertiary/aromatic N) is 2. The van der Waals surface area contributed by atoms with Crippen molar-refractivity contribution in [1.82, 2.24) is 9.97 Å². The van der Waals surface area contributed by atoms with Crippen LogP contribution in [0.4, 0.5) is 11.5 Å². The molecule has 2 aromatic rings. The Kier molecular flexibility index (Phi) is 3.26. The van der Waals surface area contributed by atoms with E-state index in [1.54, 1.807) is 29.8 Å². The number of thiazole rings is 1. The first kappa shape index (κ1) is 11.2. The van der Waals surface area contributed by atoms with Crippen molar-refractivity contribution in [2.45, 2.75) is 13.0 Å². The molecule has 0 aliphatic heterocycles. The van der Waals surface area contributed by atoms with Gasteiger partial charge in [-0.05, 0) is 13.0 Å². The van der Waals surface area contributed by atoms with Crippen molar-refractivity contribution in [2.24, 2.45) is 0 Å². The molecule has 0 spiro atoms. The van der Waals surface area contributed by atoms with Crippen LogP contribution in [-0.4, -0.2) is 9.97 Å². The lowest BCUT2D eigenvalue weighted by molar-refractivity contribution is 0.861. The van der Waals surface area contributed by atoms with Crippen LogP contribution in [0.25, 0.3) is 0 Å². The summed E-state index contributed by atoms with van der Waals surface area (Å²) in [7, 11) is 0. The van der Waals surface area contributed by atoms with E-state index in [1.807, 2.05) is 12.3 Å². The Bertz CT molecular complexity index is 472. The molecule has 2 rings (SSSR count). The SMILES string of the molecule is CC(Nc1ncc(N)cc1Cl)c1nccs1. The van der Waals surface area contributed by atoms with E-state index in [4.69, 9.17) is 17.3 Å². The molecule has 2 heterocycles. The predicted molar refractivity (Wildman–Crippen MR) is 67.8 cm³/mol. The van der Waals surface area contributed by atoms with Crippen LogP contribution in [0, 0.1) is 0 Å². The fourth-order valence-electron chi connectivity index (χ4n) is 1.27. The highest BCUT2D eigenvalue weighted by molar-refractivity contribution is 7.09.